The highest BCUT2D eigenvalue weighted by Crippen LogP contribution is 2.26. The summed E-state index contributed by atoms with van der Waals surface area (Å²) in [5, 5.41) is 3.35. The highest BCUT2D eigenvalue weighted by molar-refractivity contribution is 7.99. The van der Waals surface area contributed by atoms with Gasteiger partial charge in [-0.15, -0.1) is 11.3 Å². The number of nitrogens with zero attached hydrogens (tertiary/aromatic N) is 1. The first-order chi connectivity index (χ1) is 9.50. The van der Waals surface area contributed by atoms with Gasteiger partial charge in [0, 0.05) is 42.1 Å². The summed E-state index contributed by atoms with van der Waals surface area (Å²) in [5.41, 5.74) is 0. The second-order valence-corrected chi connectivity index (χ2v) is 9.65. The highest BCUT2D eigenvalue weighted by atomic mass is 32.2. The summed E-state index contributed by atoms with van der Waals surface area (Å²) >= 11 is 3.23. The van der Waals surface area contributed by atoms with E-state index in [0.717, 1.165) is 29.3 Å². The molecule has 1 N–H and O–H groups in total. The lowest BCUT2D eigenvalue weighted by atomic mass is 10.3. The average molecular weight is 335 g/mol. The van der Waals surface area contributed by atoms with Crippen molar-refractivity contribution >= 4 is 33.1 Å². The molecule has 2 rings (SSSR count). The Hall–Kier alpha value is -0.0800. The van der Waals surface area contributed by atoms with E-state index < -0.39 is 10.0 Å². The van der Waals surface area contributed by atoms with E-state index >= 15 is 0 Å². The van der Waals surface area contributed by atoms with Gasteiger partial charge in [0.1, 0.15) is 4.21 Å². The highest BCUT2D eigenvalue weighted by Gasteiger charge is 2.27. The number of nitrogens with one attached hydrogen (secondary N) is 1. The van der Waals surface area contributed by atoms with E-state index in [1.807, 2.05) is 17.8 Å². The van der Waals surface area contributed by atoms with Crippen molar-refractivity contribution in [2.45, 2.75) is 30.5 Å². The molecule has 1 aliphatic heterocycles. The van der Waals surface area contributed by atoms with Crippen LogP contribution in [-0.4, -0.2) is 49.9 Å². The van der Waals surface area contributed by atoms with Gasteiger partial charge in [-0.25, -0.2) is 8.42 Å². The van der Waals surface area contributed by atoms with Crippen molar-refractivity contribution in [3.63, 3.8) is 0 Å². The van der Waals surface area contributed by atoms with Crippen LogP contribution < -0.4 is 5.32 Å². The third-order valence-electron chi connectivity index (χ3n) is 3.13. The number of thiophene rings is 1. The van der Waals surface area contributed by atoms with E-state index in [1.165, 1.54) is 11.3 Å². The van der Waals surface area contributed by atoms with Gasteiger partial charge in [0.05, 0.1) is 0 Å². The Morgan fingerprint density at radius 3 is 2.65 bits per heavy atom. The van der Waals surface area contributed by atoms with E-state index in [-0.39, 0.29) is 0 Å². The Bertz CT molecular complexity index is 519. The normalized spacial score (nSPS) is 17.8. The molecule has 114 valence electrons. The summed E-state index contributed by atoms with van der Waals surface area (Å²) in [4.78, 5) is 1.13. The molecule has 1 fully saturated rings. The number of rotatable bonds is 6. The van der Waals surface area contributed by atoms with Crippen LogP contribution in [0.3, 0.4) is 0 Å². The molecule has 0 radical (unpaired) electrons. The van der Waals surface area contributed by atoms with Crippen molar-refractivity contribution in [3.05, 3.63) is 17.0 Å². The van der Waals surface area contributed by atoms with Crippen LogP contribution in [0.1, 0.15) is 18.7 Å². The lowest BCUT2D eigenvalue weighted by Crippen LogP contribution is -2.37. The number of sulfonamides is 1. The zero-order chi connectivity index (χ0) is 14.6. The number of hydrogen-bond acceptors (Lipinski definition) is 5. The molecule has 0 bridgehead atoms. The molecule has 1 saturated heterocycles. The van der Waals surface area contributed by atoms with Gasteiger partial charge >= 0.3 is 0 Å². The fraction of sp³-hybridized carbons (Fsp3) is 0.692. The summed E-state index contributed by atoms with van der Waals surface area (Å²) in [7, 11) is -3.26. The van der Waals surface area contributed by atoms with Crippen LogP contribution in [0.25, 0.3) is 0 Å². The van der Waals surface area contributed by atoms with Crippen molar-refractivity contribution in [2.24, 2.45) is 0 Å². The van der Waals surface area contributed by atoms with E-state index in [2.05, 4.69) is 19.2 Å². The van der Waals surface area contributed by atoms with Crippen LogP contribution in [0.15, 0.2) is 16.3 Å². The van der Waals surface area contributed by atoms with Crippen molar-refractivity contribution < 1.29 is 8.42 Å². The predicted molar refractivity (Wildman–Crippen MR) is 87.2 cm³/mol. The van der Waals surface area contributed by atoms with Crippen LogP contribution in [0.4, 0.5) is 0 Å². The quantitative estimate of drug-likeness (QED) is 0.865. The number of hydrogen-bond donors (Lipinski definition) is 1. The Kier molecular flexibility index (Phi) is 5.92. The number of thioether (sulfide) groups is 1. The van der Waals surface area contributed by atoms with Crippen LogP contribution in [-0.2, 0) is 16.4 Å². The second kappa shape index (κ2) is 7.26. The second-order valence-electron chi connectivity index (χ2n) is 5.10. The molecule has 1 aromatic rings. The third kappa shape index (κ3) is 4.21. The van der Waals surface area contributed by atoms with Gasteiger partial charge in [-0.05, 0) is 18.6 Å². The van der Waals surface area contributed by atoms with Crippen LogP contribution in [0, 0.1) is 0 Å². The lowest BCUT2D eigenvalue weighted by Gasteiger charge is -2.24. The molecule has 0 atom stereocenters. The van der Waals surface area contributed by atoms with Crippen LogP contribution in [0.5, 0.6) is 0 Å². The molecule has 0 aromatic carbocycles. The SMILES string of the molecule is CC(C)NCCc1ccc(S(=O)(=O)N2CCSCC2)s1. The monoisotopic (exact) mass is 334 g/mol. The molecule has 0 saturated carbocycles. The van der Waals surface area contributed by atoms with Crippen LogP contribution >= 0.6 is 23.1 Å². The molecule has 0 amide bonds. The molecule has 7 heteroatoms. The molecular formula is C13H22N2O2S3. The third-order valence-corrected chi connectivity index (χ3v) is 7.58. The molecule has 1 aromatic heterocycles. The molecule has 2 heterocycles. The maximum atomic E-state index is 12.5. The maximum absolute atomic E-state index is 12.5. The maximum Gasteiger partial charge on any atom is 0.252 e. The van der Waals surface area contributed by atoms with Gasteiger partial charge in [-0.2, -0.15) is 16.1 Å². The molecule has 0 spiro atoms. The van der Waals surface area contributed by atoms with Crippen molar-refractivity contribution in [2.75, 3.05) is 31.1 Å². The smallest absolute Gasteiger partial charge is 0.252 e. The van der Waals surface area contributed by atoms with Gasteiger partial charge in [-0.1, -0.05) is 13.8 Å². The first-order valence-corrected chi connectivity index (χ1v) is 10.3. The standard InChI is InChI=1S/C13H22N2O2S3/c1-11(2)14-6-5-12-3-4-13(19-12)20(16,17)15-7-9-18-10-8-15/h3-4,11,14H,5-10H2,1-2H3. The van der Waals surface area contributed by atoms with E-state index in [9.17, 15) is 8.42 Å². The molecule has 0 unspecified atom stereocenters. The zero-order valence-electron chi connectivity index (χ0n) is 12.0. The zero-order valence-corrected chi connectivity index (χ0v) is 14.4. The Morgan fingerprint density at radius 1 is 1.30 bits per heavy atom. The minimum Gasteiger partial charge on any atom is -0.314 e. The first-order valence-electron chi connectivity index (χ1n) is 6.90. The van der Waals surface area contributed by atoms with Gasteiger partial charge in [0.2, 0.25) is 0 Å². The molecule has 0 aliphatic carbocycles. The summed E-state index contributed by atoms with van der Waals surface area (Å²) in [6.07, 6.45) is 0.883. The topological polar surface area (TPSA) is 49.4 Å². The van der Waals surface area contributed by atoms with Gasteiger partial charge in [0.15, 0.2) is 0 Å². The van der Waals surface area contributed by atoms with Gasteiger partial charge in [0.25, 0.3) is 10.0 Å². The molecular weight excluding hydrogens is 312 g/mol. The minimum absolute atomic E-state index is 0.462. The fourth-order valence-corrected chi connectivity index (χ4v) is 6.11. The van der Waals surface area contributed by atoms with E-state index in [1.54, 1.807) is 10.4 Å². The predicted octanol–water partition coefficient (Wildman–Crippen LogP) is 2.03. The molecule has 4 nitrogen and oxygen atoms in total. The summed E-state index contributed by atoms with van der Waals surface area (Å²) in [6.45, 7) is 6.37. The largest absolute Gasteiger partial charge is 0.314 e. The summed E-state index contributed by atoms with van der Waals surface area (Å²) in [5.74, 6) is 1.80. The fourth-order valence-electron chi connectivity index (χ4n) is 2.03. The van der Waals surface area contributed by atoms with Gasteiger partial charge < -0.3 is 5.32 Å². The summed E-state index contributed by atoms with van der Waals surface area (Å²) in [6, 6.07) is 4.16. The Morgan fingerprint density at radius 2 is 2.00 bits per heavy atom. The lowest BCUT2D eigenvalue weighted by molar-refractivity contribution is 0.445. The van der Waals surface area contributed by atoms with Crippen molar-refractivity contribution in [3.8, 4) is 0 Å². The van der Waals surface area contributed by atoms with Crippen molar-refractivity contribution in [1.82, 2.24) is 9.62 Å². The van der Waals surface area contributed by atoms with E-state index in [0.29, 0.717) is 23.3 Å². The Balaban J connectivity index is 2.00. The first kappa shape index (κ1) is 16.3. The van der Waals surface area contributed by atoms with E-state index in [4.69, 9.17) is 0 Å². The summed E-state index contributed by atoms with van der Waals surface area (Å²) < 4.78 is 27.1. The van der Waals surface area contributed by atoms with Crippen molar-refractivity contribution in [1.29, 1.82) is 0 Å². The molecule has 20 heavy (non-hydrogen) atoms. The Labute approximate surface area is 130 Å². The van der Waals surface area contributed by atoms with Gasteiger partial charge in [-0.3, -0.25) is 0 Å². The molecule has 1 aliphatic rings. The average Bonchev–Trinajstić information content (AvgIpc) is 2.89. The minimum atomic E-state index is -3.26. The van der Waals surface area contributed by atoms with Crippen LogP contribution in [0.2, 0.25) is 0 Å².